The number of ether oxygens (including phenoxy) is 1. The molecular weight excluding hydrogens is 336 g/mol. The molecule has 0 saturated carbocycles. The average molecular weight is 367 g/mol. The quantitative estimate of drug-likeness (QED) is 0.350. The second kappa shape index (κ2) is 9.63. The van der Waals surface area contributed by atoms with Crippen LogP contribution in [0.2, 0.25) is 0 Å². The minimum absolute atomic E-state index is 0.312. The number of benzene rings is 1. The van der Waals surface area contributed by atoms with E-state index in [9.17, 15) is 4.79 Å². The third kappa shape index (κ3) is 5.62. The van der Waals surface area contributed by atoms with Crippen molar-refractivity contribution < 1.29 is 9.53 Å². The van der Waals surface area contributed by atoms with Gasteiger partial charge in [0.05, 0.1) is 0 Å². The smallest absolute Gasteiger partial charge is 0.308 e. The molecule has 3 rings (SSSR count). The Morgan fingerprint density at radius 3 is 2.67 bits per heavy atom. The highest BCUT2D eigenvalue weighted by molar-refractivity contribution is 5.69. The summed E-state index contributed by atoms with van der Waals surface area (Å²) in [5, 5.41) is 0. The number of hydrogen-bond donors (Lipinski definition) is 0. The SMILES string of the molecule is CCCCCCCC1CCc2nc(-c3ccc(OC(C)=O)cc3)ncc2C1. The fraction of sp³-hybridized carbons (Fsp3) is 0.522. The van der Waals surface area contributed by atoms with Gasteiger partial charge in [-0.25, -0.2) is 9.97 Å². The largest absolute Gasteiger partial charge is 0.427 e. The molecule has 1 aromatic carbocycles. The Labute approximate surface area is 162 Å². The van der Waals surface area contributed by atoms with Gasteiger partial charge in [0.25, 0.3) is 0 Å². The number of rotatable bonds is 8. The fourth-order valence-corrected chi connectivity index (χ4v) is 3.84. The Morgan fingerprint density at radius 2 is 1.93 bits per heavy atom. The first-order valence-corrected chi connectivity index (χ1v) is 10.3. The van der Waals surface area contributed by atoms with E-state index in [1.165, 1.54) is 63.1 Å². The molecule has 1 heterocycles. The number of aryl methyl sites for hydroxylation is 1. The number of nitrogens with zero attached hydrogens (tertiary/aromatic N) is 2. The summed E-state index contributed by atoms with van der Waals surface area (Å²) in [6, 6.07) is 7.38. The summed E-state index contributed by atoms with van der Waals surface area (Å²) >= 11 is 0. The predicted octanol–water partition coefficient (Wildman–Crippen LogP) is 5.53. The minimum atomic E-state index is -0.312. The highest BCUT2D eigenvalue weighted by atomic mass is 16.5. The number of aromatic nitrogens is 2. The monoisotopic (exact) mass is 366 g/mol. The van der Waals surface area contributed by atoms with E-state index < -0.39 is 0 Å². The molecule has 1 aliphatic carbocycles. The molecule has 0 amide bonds. The van der Waals surface area contributed by atoms with Crippen LogP contribution < -0.4 is 4.74 Å². The van der Waals surface area contributed by atoms with Crippen LogP contribution in [-0.4, -0.2) is 15.9 Å². The molecule has 27 heavy (non-hydrogen) atoms. The van der Waals surface area contributed by atoms with Crippen LogP contribution in [0.15, 0.2) is 30.5 Å². The summed E-state index contributed by atoms with van der Waals surface area (Å²) in [7, 11) is 0. The maximum absolute atomic E-state index is 11.0. The molecule has 0 spiro atoms. The normalized spacial score (nSPS) is 16.0. The maximum atomic E-state index is 11.0. The summed E-state index contributed by atoms with van der Waals surface area (Å²) in [6.45, 7) is 3.67. The van der Waals surface area contributed by atoms with E-state index in [-0.39, 0.29) is 5.97 Å². The van der Waals surface area contributed by atoms with Crippen molar-refractivity contribution in [2.45, 2.75) is 71.6 Å². The van der Waals surface area contributed by atoms with Gasteiger partial charge in [-0.15, -0.1) is 0 Å². The van der Waals surface area contributed by atoms with Crippen LogP contribution in [0.5, 0.6) is 5.75 Å². The molecule has 2 aromatic rings. The molecule has 1 aliphatic rings. The lowest BCUT2D eigenvalue weighted by Crippen LogP contribution is -2.16. The van der Waals surface area contributed by atoms with Crippen molar-refractivity contribution in [3.8, 4) is 17.1 Å². The number of carbonyl (C=O) groups excluding carboxylic acids is 1. The second-order valence-electron chi connectivity index (χ2n) is 7.60. The van der Waals surface area contributed by atoms with Gasteiger partial charge >= 0.3 is 5.97 Å². The van der Waals surface area contributed by atoms with Gasteiger partial charge in [0.2, 0.25) is 0 Å². The molecule has 0 bridgehead atoms. The van der Waals surface area contributed by atoms with Crippen molar-refractivity contribution in [1.29, 1.82) is 0 Å². The number of hydrogen-bond acceptors (Lipinski definition) is 4. The van der Waals surface area contributed by atoms with Gasteiger partial charge in [-0.2, -0.15) is 0 Å². The number of esters is 1. The highest BCUT2D eigenvalue weighted by Gasteiger charge is 2.20. The Hall–Kier alpha value is -2.23. The lowest BCUT2D eigenvalue weighted by atomic mass is 9.84. The zero-order chi connectivity index (χ0) is 19.1. The van der Waals surface area contributed by atoms with Crippen LogP contribution in [0.4, 0.5) is 0 Å². The molecule has 0 aliphatic heterocycles. The summed E-state index contributed by atoms with van der Waals surface area (Å²) < 4.78 is 5.08. The second-order valence-corrected chi connectivity index (χ2v) is 7.60. The summed E-state index contributed by atoms with van der Waals surface area (Å²) in [4.78, 5) is 20.4. The average Bonchev–Trinajstić information content (AvgIpc) is 2.67. The van der Waals surface area contributed by atoms with E-state index in [2.05, 4.69) is 11.9 Å². The lowest BCUT2D eigenvalue weighted by Gasteiger charge is -2.24. The van der Waals surface area contributed by atoms with Gasteiger partial charge in [-0.05, 0) is 55.0 Å². The van der Waals surface area contributed by atoms with Gasteiger partial charge < -0.3 is 4.74 Å². The Kier molecular flexibility index (Phi) is 6.97. The van der Waals surface area contributed by atoms with E-state index in [0.717, 1.165) is 30.1 Å². The molecule has 144 valence electrons. The lowest BCUT2D eigenvalue weighted by molar-refractivity contribution is -0.131. The Morgan fingerprint density at radius 1 is 1.15 bits per heavy atom. The number of carbonyl (C=O) groups is 1. The molecule has 1 atom stereocenters. The topological polar surface area (TPSA) is 52.1 Å². The molecule has 0 saturated heterocycles. The van der Waals surface area contributed by atoms with Crippen molar-refractivity contribution >= 4 is 5.97 Å². The third-order valence-corrected chi connectivity index (χ3v) is 5.34. The van der Waals surface area contributed by atoms with Gasteiger partial charge in [-0.3, -0.25) is 4.79 Å². The summed E-state index contributed by atoms with van der Waals surface area (Å²) in [6.07, 6.45) is 13.5. The Balaban J connectivity index is 1.59. The molecule has 0 fully saturated rings. The van der Waals surface area contributed by atoms with Crippen LogP contribution in [0.1, 0.15) is 70.1 Å². The van der Waals surface area contributed by atoms with Crippen LogP contribution in [0, 0.1) is 5.92 Å². The fourth-order valence-electron chi connectivity index (χ4n) is 3.84. The van der Waals surface area contributed by atoms with Crippen molar-refractivity contribution in [1.82, 2.24) is 9.97 Å². The zero-order valence-corrected chi connectivity index (χ0v) is 16.5. The van der Waals surface area contributed by atoms with E-state index in [0.29, 0.717) is 5.75 Å². The van der Waals surface area contributed by atoms with Crippen LogP contribution in [-0.2, 0) is 17.6 Å². The summed E-state index contributed by atoms with van der Waals surface area (Å²) in [5.41, 5.74) is 3.47. The van der Waals surface area contributed by atoms with Crippen LogP contribution in [0.25, 0.3) is 11.4 Å². The van der Waals surface area contributed by atoms with Crippen LogP contribution >= 0.6 is 0 Å². The van der Waals surface area contributed by atoms with E-state index in [1.54, 1.807) is 12.1 Å². The third-order valence-electron chi connectivity index (χ3n) is 5.34. The number of unbranched alkanes of at least 4 members (excludes halogenated alkanes) is 4. The first-order chi connectivity index (χ1) is 13.2. The molecule has 4 nitrogen and oxygen atoms in total. The Bertz CT molecular complexity index is 755. The predicted molar refractivity (Wildman–Crippen MR) is 108 cm³/mol. The molecule has 0 N–H and O–H groups in total. The zero-order valence-electron chi connectivity index (χ0n) is 16.5. The standard InChI is InChI=1S/C23H30N2O2/c1-3-4-5-6-7-8-18-9-14-22-20(15-18)16-24-23(25-22)19-10-12-21(13-11-19)27-17(2)26/h10-13,16,18H,3-9,14-15H2,1-2H3. The van der Waals surface area contributed by atoms with Gasteiger partial charge in [0.1, 0.15) is 5.75 Å². The van der Waals surface area contributed by atoms with Crippen LogP contribution in [0.3, 0.4) is 0 Å². The van der Waals surface area contributed by atoms with E-state index in [1.807, 2.05) is 18.3 Å². The molecule has 4 heteroatoms. The van der Waals surface area contributed by atoms with Crippen molar-refractivity contribution in [3.63, 3.8) is 0 Å². The first-order valence-electron chi connectivity index (χ1n) is 10.3. The van der Waals surface area contributed by atoms with Crippen molar-refractivity contribution in [2.24, 2.45) is 5.92 Å². The van der Waals surface area contributed by atoms with Crippen molar-refractivity contribution in [3.05, 3.63) is 41.7 Å². The van der Waals surface area contributed by atoms with Gasteiger partial charge in [-0.1, -0.05) is 45.4 Å². The van der Waals surface area contributed by atoms with E-state index in [4.69, 9.17) is 9.72 Å². The number of fused-ring (bicyclic) bond motifs is 1. The summed E-state index contributed by atoms with van der Waals surface area (Å²) in [5.74, 6) is 1.77. The van der Waals surface area contributed by atoms with Crippen molar-refractivity contribution in [2.75, 3.05) is 0 Å². The molecule has 1 unspecified atom stereocenters. The minimum Gasteiger partial charge on any atom is -0.427 e. The molecular formula is C23H30N2O2. The molecule has 1 aromatic heterocycles. The highest BCUT2D eigenvalue weighted by Crippen LogP contribution is 2.29. The van der Waals surface area contributed by atoms with E-state index >= 15 is 0 Å². The van der Waals surface area contributed by atoms with Gasteiger partial charge in [0, 0.05) is 24.4 Å². The molecule has 0 radical (unpaired) electrons. The van der Waals surface area contributed by atoms with Gasteiger partial charge in [0.15, 0.2) is 5.82 Å². The first kappa shape index (κ1) is 19.5. The maximum Gasteiger partial charge on any atom is 0.308 e.